The van der Waals surface area contributed by atoms with Crippen molar-refractivity contribution in [3.05, 3.63) is 65.7 Å². The Bertz CT molecular complexity index is 748. The maximum Gasteiger partial charge on any atom is 0.255 e. The number of likely N-dealkylation sites (tertiary alicyclic amines) is 1. The van der Waals surface area contributed by atoms with Crippen LogP contribution in [0.5, 0.6) is 0 Å². The molecule has 1 aliphatic heterocycles. The van der Waals surface area contributed by atoms with Crippen molar-refractivity contribution in [2.45, 2.75) is 32.4 Å². The van der Waals surface area contributed by atoms with E-state index in [1.165, 1.54) is 11.1 Å². The molecule has 0 spiro atoms. The number of nitrogens with one attached hydrogen (secondary N) is 3. The topological polar surface area (TPSA) is 56.4 Å². The summed E-state index contributed by atoms with van der Waals surface area (Å²) in [5, 5.41) is 3.40. The summed E-state index contributed by atoms with van der Waals surface area (Å²) in [4.78, 5) is 14.8. The number of hydrogen-bond donors (Lipinski definition) is 3. The SMILES string of the molecule is Cc1ccc(CN2CCC[C@H]2C(=O)NNC(=S)Nc2ccccc2)cc1. The molecule has 1 amide bonds. The third kappa shape index (κ3) is 5.03. The zero-order chi connectivity index (χ0) is 18.4. The Morgan fingerprint density at radius 3 is 2.58 bits per heavy atom. The van der Waals surface area contributed by atoms with Crippen molar-refractivity contribution >= 4 is 28.9 Å². The summed E-state index contributed by atoms with van der Waals surface area (Å²) in [6.45, 7) is 3.79. The molecule has 0 bridgehead atoms. The fourth-order valence-electron chi connectivity index (χ4n) is 3.13. The van der Waals surface area contributed by atoms with Crippen molar-refractivity contribution in [1.82, 2.24) is 15.8 Å². The number of carbonyl (C=O) groups excluding carboxylic acids is 1. The van der Waals surface area contributed by atoms with Crippen molar-refractivity contribution in [2.24, 2.45) is 0 Å². The van der Waals surface area contributed by atoms with Gasteiger partial charge in [0.05, 0.1) is 6.04 Å². The van der Waals surface area contributed by atoms with E-state index in [1.807, 2.05) is 30.3 Å². The number of thiocarbonyl (C=S) groups is 1. The number of carbonyl (C=O) groups is 1. The Morgan fingerprint density at radius 2 is 1.85 bits per heavy atom. The number of amides is 1. The number of rotatable bonds is 4. The second kappa shape index (κ2) is 8.78. The van der Waals surface area contributed by atoms with Gasteiger partial charge in [0.25, 0.3) is 5.91 Å². The summed E-state index contributed by atoms with van der Waals surface area (Å²) in [7, 11) is 0. The van der Waals surface area contributed by atoms with Gasteiger partial charge in [-0.05, 0) is 56.2 Å². The summed E-state index contributed by atoms with van der Waals surface area (Å²) >= 11 is 5.23. The average Bonchev–Trinajstić information content (AvgIpc) is 3.11. The first kappa shape index (κ1) is 18.4. The molecule has 6 heteroatoms. The summed E-state index contributed by atoms with van der Waals surface area (Å²) in [6.07, 6.45) is 1.88. The second-order valence-corrected chi connectivity index (χ2v) is 6.96. The van der Waals surface area contributed by atoms with Gasteiger partial charge in [0.2, 0.25) is 0 Å². The summed E-state index contributed by atoms with van der Waals surface area (Å²) in [5.74, 6) is -0.0492. The molecule has 2 aromatic rings. The molecule has 0 unspecified atom stereocenters. The molecular formula is C20H24N4OS. The summed E-state index contributed by atoms with van der Waals surface area (Å²) in [5.41, 5.74) is 8.88. The first-order valence-electron chi connectivity index (χ1n) is 8.83. The molecule has 3 rings (SSSR count). The van der Waals surface area contributed by atoms with Crippen LogP contribution in [0.3, 0.4) is 0 Å². The molecular weight excluding hydrogens is 344 g/mol. The molecule has 5 nitrogen and oxygen atoms in total. The number of para-hydroxylation sites is 1. The van der Waals surface area contributed by atoms with Gasteiger partial charge in [-0.25, -0.2) is 0 Å². The molecule has 1 heterocycles. The predicted octanol–water partition coefficient (Wildman–Crippen LogP) is 2.98. The van der Waals surface area contributed by atoms with E-state index in [1.54, 1.807) is 0 Å². The normalized spacial score (nSPS) is 16.9. The highest BCUT2D eigenvalue weighted by atomic mass is 32.1. The lowest BCUT2D eigenvalue weighted by atomic mass is 10.1. The van der Waals surface area contributed by atoms with E-state index in [0.29, 0.717) is 5.11 Å². The summed E-state index contributed by atoms with van der Waals surface area (Å²) < 4.78 is 0. The van der Waals surface area contributed by atoms with Crippen molar-refractivity contribution in [1.29, 1.82) is 0 Å². The van der Waals surface area contributed by atoms with E-state index in [0.717, 1.165) is 31.6 Å². The number of hydrogen-bond acceptors (Lipinski definition) is 3. The first-order chi connectivity index (χ1) is 12.6. The van der Waals surface area contributed by atoms with Crippen LogP contribution >= 0.6 is 12.2 Å². The first-order valence-corrected chi connectivity index (χ1v) is 9.24. The van der Waals surface area contributed by atoms with Crippen LogP contribution in [0.1, 0.15) is 24.0 Å². The lowest BCUT2D eigenvalue weighted by Gasteiger charge is -2.24. The molecule has 0 aliphatic carbocycles. The van der Waals surface area contributed by atoms with Gasteiger partial charge in [0, 0.05) is 12.2 Å². The highest BCUT2D eigenvalue weighted by Gasteiger charge is 2.30. The molecule has 0 saturated carbocycles. The molecule has 136 valence electrons. The molecule has 1 fully saturated rings. The minimum Gasteiger partial charge on any atom is -0.331 e. The van der Waals surface area contributed by atoms with Gasteiger partial charge in [0.1, 0.15) is 0 Å². The van der Waals surface area contributed by atoms with Gasteiger partial charge in [-0.2, -0.15) is 0 Å². The quantitative estimate of drug-likeness (QED) is 0.572. The third-order valence-corrected chi connectivity index (χ3v) is 4.71. The fraction of sp³-hybridized carbons (Fsp3) is 0.300. The highest BCUT2D eigenvalue weighted by molar-refractivity contribution is 7.80. The van der Waals surface area contributed by atoms with Gasteiger partial charge >= 0.3 is 0 Å². The van der Waals surface area contributed by atoms with Gasteiger partial charge in [-0.15, -0.1) is 0 Å². The predicted molar refractivity (Wildman–Crippen MR) is 109 cm³/mol. The van der Waals surface area contributed by atoms with E-state index >= 15 is 0 Å². The smallest absolute Gasteiger partial charge is 0.255 e. The highest BCUT2D eigenvalue weighted by Crippen LogP contribution is 2.20. The van der Waals surface area contributed by atoms with Crippen LogP contribution in [0.15, 0.2) is 54.6 Å². The number of aryl methyl sites for hydroxylation is 1. The zero-order valence-electron chi connectivity index (χ0n) is 14.9. The molecule has 1 atom stereocenters. The molecule has 3 N–H and O–H groups in total. The van der Waals surface area contributed by atoms with Crippen LogP contribution in [0.2, 0.25) is 0 Å². The second-order valence-electron chi connectivity index (χ2n) is 6.55. The zero-order valence-corrected chi connectivity index (χ0v) is 15.7. The van der Waals surface area contributed by atoms with Crippen LogP contribution in [0.4, 0.5) is 5.69 Å². The Morgan fingerprint density at radius 1 is 1.12 bits per heavy atom. The van der Waals surface area contributed by atoms with Gasteiger partial charge in [0.15, 0.2) is 5.11 Å². The Hall–Kier alpha value is -2.44. The van der Waals surface area contributed by atoms with Crippen LogP contribution < -0.4 is 16.2 Å². The van der Waals surface area contributed by atoms with Crippen molar-refractivity contribution in [3.8, 4) is 0 Å². The molecule has 0 radical (unpaired) electrons. The monoisotopic (exact) mass is 368 g/mol. The van der Waals surface area contributed by atoms with Crippen LogP contribution in [0.25, 0.3) is 0 Å². The van der Waals surface area contributed by atoms with E-state index in [9.17, 15) is 4.79 Å². The fourth-order valence-corrected chi connectivity index (χ4v) is 3.29. The van der Waals surface area contributed by atoms with Crippen molar-refractivity contribution in [3.63, 3.8) is 0 Å². The third-order valence-electron chi connectivity index (χ3n) is 4.50. The molecule has 0 aromatic heterocycles. The van der Waals surface area contributed by atoms with E-state index in [2.05, 4.69) is 52.3 Å². The molecule has 26 heavy (non-hydrogen) atoms. The number of hydrazine groups is 1. The van der Waals surface area contributed by atoms with Gasteiger partial charge in [-0.1, -0.05) is 48.0 Å². The standard InChI is InChI=1S/C20H24N4OS/c1-15-9-11-16(12-10-15)14-24-13-5-8-18(24)19(25)22-23-20(26)21-17-6-3-2-4-7-17/h2-4,6-7,9-12,18H,5,8,13-14H2,1H3,(H,22,25)(H2,21,23,26)/t18-/m0/s1. The maximum absolute atomic E-state index is 12.6. The number of anilines is 1. The lowest BCUT2D eigenvalue weighted by molar-refractivity contribution is -0.126. The number of benzene rings is 2. The molecule has 1 saturated heterocycles. The minimum absolute atomic E-state index is 0.0492. The Balaban J connectivity index is 1.50. The van der Waals surface area contributed by atoms with E-state index in [4.69, 9.17) is 12.2 Å². The lowest BCUT2D eigenvalue weighted by Crippen LogP contribution is -2.51. The van der Waals surface area contributed by atoms with Gasteiger partial charge in [-0.3, -0.25) is 20.5 Å². The van der Waals surface area contributed by atoms with Crippen LogP contribution in [-0.2, 0) is 11.3 Å². The summed E-state index contributed by atoms with van der Waals surface area (Å²) in [6, 6.07) is 17.9. The largest absolute Gasteiger partial charge is 0.331 e. The van der Waals surface area contributed by atoms with Crippen LogP contribution in [0, 0.1) is 6.92 Å². The number of nitrogens with zero attached hydrogens (tertiary/aromatic N) is 1. The maximum atomic E-state index is 12.6. The molecule has 2 aromatic carbocycles. The van der Waals surface area contributed by atoms with Crippen molar-refractivity contribution < 1.29 is 4.79 Å². The molecule has 1 aliphatic rings. The Kier molecular flexibility index (Phi) is 6.20. The van der Waals surface area contributed by atoms with Crippen LogP contribution in [-0.4, -0.2) is 28.5 Å². The van der Waals surface area contributed by atoms with E-state index in [-0.39, 0.29) is 11.9 Å². The van der Waals surface area contributed by atoms with E-state index < -0.39 is 0 Å². The van der Waals surface area contributed by atoms with Gasteiger partial charge < -0.3 is 5.32 Å². The Labute approximate surface area is 159 Å². The minimum atomic E-state index is -0.136. The van der Waals surface area contributed by atoms with Crippen molar-refractivity contribution in [2.75, 3.05) is 11.9 Å². The average molecular weight is 369 g/mol.